The third-order valence-corrected chi connectivity index (χ3v) is 3.35. The van der Waals surface area contributed by atoms with E-state index in [1.807, 2.05) is 4.57 Å². The highest BCUT2D eigenvalue weighted by Crippen LogP contribution is 2.20. The maximum absolute atomic E-state index is 13.2. The lowest BCUT2D eigenvalue weighted by atomic mass is 10.1. The summed E-state index contributed by atoms with van der Waals surface area (Å²) in [5.74, 6) is -2.73. The molecule has 0 saturated carbocycles. The molecule has 1 heterocycles. The predicted octanol–water partition coefficient (Wildman–Crippen LogP) is 3.67. The van der Waals surface area contributed by atoms with E-state index < -0.39 is 17.6 Å². The molecule has 5 heteroatoms. The standard InChI is InChI=1S/C16H11F2NO2/c17-13-3-1-10(7-14(13)18)9-19-6-5-11-8-12(16(20)21)2-4-15(11)19/h1-8H,9H2,(H,20,21). The van der Waals surface area contributed by atoms with Crippen LogP contribution in [0.2, 0.25) is 0 Å². The van der Waals surface area contributed by atoms with Crippen molar-refractivity contribution in [3.8, 4) is 0 Å². The molecule has 0 bridgehead atoms. The van der Waals surface area contributed by atoms with Crippen molar-refractivity contribution in [3.05, 3.63) is 71.4 Å². The minimum atomic E-state index is -0.981. The summed E-state index contributed by atoms with van der Waals surface area (Å²) in [6.07, 6.45) is 1.79. The number of rotatable bonds is 3. The summed E-state index contributed by atoms with van der Waals surface area (Å²) in [5.41, 5.74) is 1.69. The predicted molar refractivity (Wildman–Crippen MR) is 74.4 cm³/mol. The monoisotopic (exact) mass is 287 g/mol. The quantitative estimate of drug-likeness (QED) is 0.798. The highest BCUT2D eigenvalue weighted by atomic mass is 19.2. The van der Waals surface area contributed by atoms with Crippen LogP contribution in [0.1, 0.15) is 15.9 Å². The average molecular weight is 287 g/mol. The van der Waals surface area contributed by atoms with Gasteiger partial charge in [0.05, 0.1) is 5.56 Å². The molecule has 0 aliphatic heterocycles. The van der Waals surface area contributed by atoms with Crippen molar-refractivity contribution in [2.24, 2.45) is 0 Å². The summed E-state index contributed by atoms with van der Waals surface area (Å²) >= 11 is 0. The fourth-order valence-corrected chi connectivity index (χ4v) is 2.31. The smallest absolute Gasteiger partial charge is 0.335 e. The number of carboxylic acids is 1. The summed E-state index contributed by atoms with van der Waals surface area (Å²) in [4.78, 5) is 10.9. The van der Waals surface area contributed by atoms with E-state index in [1.165, 1.54) is 12.1 Å². The molecule has 0 atom stereocenters. The van der Waals surface area contributed by atoms with E-state index in [2.05, 4.69) is 0 Å². The number of carbonyl (C=O) groups is 1. The lowest BCUT2D eigenvalue weighted by Gasteiger charge is -2.06. The van der Waals surface area contributed by atoms with Gasteiger partial charge in [-0.15, -0.1) is 0 Å². The number of aromatic carboxylic acids is 1. The van der Waals surface area contributed by atoms with Crippen LogP contribution in [0.15, 0.2) is 48.7 Å². The zero-order chi connectivity index (χ0) is 15.0. The van der Waals surface area contributed by atoms with E-state index in [1.54, 1.807) is 24.4 Å². The van der Waals surface area contributed by atoms with E-state index in [-0.39, 0.29) is 5.56 Å². The number of benzene rings is 2. The molecule has 3 rings (SSSR count). The second kappa shape index (κ2) is 5.01. The summed E-state index contributed by atoms with van der Waals surface area (Å²) in [7, 11) is 0. The summed E-state index contributed by atoms with van der Waals surface area (Å²) in [5, 5.41) is 9.75. The van der Waals surface area contributed by atoms with E-state index in [0.29, 0.717) is 12.1 Å². The van der Waals surface area contributed by atoms with Gasteiger partial charge in [0.1, 0.15) is 0 Å². The van der Waals surface area contributed by atoms with Crippen LogP contribution in [0, 0.1) is 11.6 Å². The van der Waals surface area contributed by atoms with Crippen molar-refractivity contribution in [2.45, 2.75) is 6.54 Å². The van der Waals surface area contributed by atoms with Crippen LogP contribution in [0.25, 0.3) is 10.9 Å². The van der Waals surface area contributed by atoms with Crippen molar-refractivity contribution in [1.82, 2.24) is 4.57 Å². The fraction of sp³-hybridized carbons (Fsp3) is 0.0625. The molecule has 3 aromatic rings. The van der Waals surface area contributed by atoms with E-state index in [0.717, 1.165) is 23.0 Å². The van der Waals surface area contributed by atoms with Crippen LogP contribution in [-0.2, 0) is 6.54 Å². The van der Waals surface area contributed by atoms with E-state index >= 15 is 0 Å². The Morgan fingerprint density at radius 1 is 1.05 bits per heavy atom. The molecule has 0 saturated heterocycles. The van der Waals surface area contributed by atoms with E-state index in [4.69, 9.17) is 5.11 Å². The molecule has 0 fully saturated rings. The van der Waals surface area contributed by atoms with E-state index in [9.17, 15) is 13.6 Å². The first-order valence-electron chi connectivity index (χ1n) is 6.31. The van der Waals surface area contributed by atoms with Crippen LogP contribution >= 0.6 is 0 Å². The molecule has 0 amide bonds. The SMILES string of the molecule is O=C(O)c1ccc2c(ccn2Cc2ccc(F)c(F)c2)c1. The van der Waals surface area contributed by atoms with Gasteiger partial charge in [-0.3, -0.25) is 0 Å². The number of carboxylic acid groups (broad SMARTS) is 1. The van der Waals surface area contributed by atoms with Gasteiger partial charge >= 0.3 is 5.97 Å². The van der Waals surface area contributed by atoms with Crippen molar-refractivity contribution < 1.29 is 18.7 Å². The van der Waals surface area contributed by atoms with Gasteiger partial charge in [-0.05, 0) is 42.0 Å². The number of nitrogens with zero attached hydrogens (tertiary/aromatic N) is 1. The lowest BCUT2D eigenvalue weighted by molar-refractivity contribution is 0.0697. The van der Waals surface area contributed by atoms with Crippen LogP contribution in [0.5, 0.6) is 0 Å². The Hall–Kier alpha value is -2.69. The number of halogens is 2. The number of hydrogen-bond acceptors (Lipinski definition) is 1. The first kappa shape index (κ1) is 13.3. The molecule has 2 aromatic carbocycles. The lowest BCUT2D eigenvalue weighted by Crippen LogP contribution is -2.00. The molecule has 1 N–H and O–H groups in total. The summed E-state index contributed by atoms with van der Waals surface area (Å²) < 4.78 is 28.0. The van der Waals surface area contributed by atoms with Crippen molar-refractivity contribution in [3.63, 3.8) is 0 Å². The molecule has 21 heavy (non-hydrogen) atoms. The first-order valence-corrected chi connectivity index (χ1v) is 6.31. The Balaban J connectivity index is 1.97. The molecule has 1 aromatic heterocycles. The maximum atomic E-state index is 13.2. The molecule has 106 valence electrons. The Kier molecular flexibility index (Phi) is 3.17. The fourth-order valence-electron chi connectivity index (χ4n) is 2.31. The van der Waals surface area contributed by atoms with Gasteiger partial charge in [-0.2, -0.15) is 0 Å². The third-order valence-electron chi connectivity index (χ3n) is 3.35. The summed E-state index contributed by atoms with van der Waals surface area (Å²) in [6, 6.07) is 10.4. The number of hydrogen-bond donors (Lipinski definition) is 1. The summed E-state index contributed by atoms with van der Waals surface area (Å²) in [6.45, 7) is 0.382. The molecule has 0 radical (unpaired) electrons. The minimum absolute atomic E-state index is 0.216. The van der Waals surface area contributed by atoms with Gasteiger partial charge in [0.2, 0.25) is 0 Å². The normalized spacial score (nSPS) is 11.0. The maximum Gasteiger partial charge on any atom is 0.335 e. The van der Waals surface area contributed by atoms with Gasteiger partial charge in [-0.1, -0.05) is 6.07 Å². The Bertz CT molecular complexity index is 839. The van der Waals surface area contributed by atoms with Crippen LogP contribution in [0.3, 0.4) is 0 Å². The molecular formula is C16H11F2NO2. The van der Waals surface area contributed by atoms with Gasteiger partial charge in [0.15, 0.2) is 11.6 Å². The van der Waals surface area contributed by atoms with Crippen LogP contribution in [0.4, 0.5) is 8.78 Å². The van der Waals surface area contributed by atoms with Crippen molar-refractivity contribution in [2.75, 3.05) is 0 Å². The van der Waals surface area contributed by atoms with Gasteiger partial charge in [-0.25, -0.2) is 13.6 Å². The second-order valence-corrected chi connectivity index (χ2v) is 4.77. The average Bonchev–Trinajstić information content (AvgIpc) is 2.85. The van der Waals surface area contributed by atoms with Crippen molar-refractivity contribution in [1.29, 1.82) is 0 Å². The van der Waals surface area contributed by atoms with Crippen LogP contribution in [-0.4, -0.2) is 15.6 Å². The van der Waals surface area contributed by atoms with Gasteiger partial charge < -0.3 is 9.67 Å². The topological polar surface area (TPSA) is 42.2 Å². The Morgan fingerprint density at radius 3 is 2.57 bits per heavy atom. The molecule has 3 nitrogen and oxygen atoms in total. The number of aromatic nitrogens is 1. The highest BCUT2D eigenvalue weighted by Gasteiger charge is 2.08. The van der Waals surface area contributed by atoms with Crippen molar-refractivity contribution >= 4 is 16.9 Å². The zero-order valence-electron chi connectivity index (χ0n) is 10.9. The Labute approximate surface area is 119 Å². The minimum Gasteiger partial charge on any atom is -0.478 e. The molecular weight excluding hydrogens is 276 g/mol. The first-order chi connectivity index (χ1) is 10.0. The second-order valence-electron chi connectivity index (χ2n) is 4.77. The third kappa shape index (κ3) is 2.50. The molecule has 0 aliphatic rings. The molecule has 0 aliphatic carbocycles. The zero-order valence-corrected chi connectivity index (χ0v) is 10.9. The van der Waals surface area contributed by atoms with Gasteiger partial charge in [0, 0.05) is 23.6 Å². The van der Waals surface area contributed by atoms with Gasteiger partial charge in [0.25, 0.3) is 0 Å². The number of fused-ring (bicyclic) bond motifs is 1. The van der Waals surface area contributed by atoms with Crippen LogP contribution < -0.4 is 0 Å². The molecule has 0 unspecified atom stereocenters. The molecule has 0 spiro atoms. The largest absolute Gasteiger partial charge is 0.478 e. The Morgan fingerprint density at radius 2 is 1.86 bits per heavy atom. The highest BCUT2D eigenvalue weighted by molar-refractivity contribution is 5.93.